The smallest absolute Gasteiger partial charge is 0.338 e. The zero-order chi connectivity index (χ0) is 49.9. The summed E-state index contributed by atoms with van der Waals surface area (Å²) >= 11 is 0. The van der Waals surface area contributed by atoms with E-state index >= 15 is 0 Å². The zero-order valence-electron chi connectivity index (χ0n) is 35.2. The number of azo groups is 3. The molecule has 0 saturated heterocycles. The lowest BCUT2D eigenvalue weighted by Gasteiger charge is -2.13. The number of aromatic hydroxyl groups is 1. The van der Waals surface area contributed by atoms with E-state index in [0.717, 1.165) is 41.1 Å². The molecule has 5 aromatic carbocycles. The Hall–Kier alpha value is -7.51. The van der Waals surface area contributed by atoms with E-state index in [4.69, 9.17) is 14.2 Å². The van der Waals surface area contributed by atoms with Crippen molar-refractivity contribution in [1.29, 1.82) is 0 Å². The van der Waals surface area contributed by atoms with E-state index in [1.165, 1.54) is 45.2 Å². The van der Waals surface area contributed by atoms with Crippen molar-refractivity contribution < 1.29 is 78.3 Å². The van der Waals surface area contributed by atoms with Crippen LogP contribution in [0.25, 0.3) is 16.5 Å². The summed E-state index contributed by atoms with van der Waals surface area (Å²) < 4.78 is 119. The number of hydrogen-bond acceptors (Lipinski definition) is 20. The van der Waals surface area contributed by atoms with E-state index in [2.05, 4.69) is 35.8 Å². The molecule has 8 N–H and O–H groups in total. The molecular weight excluding hydrogens is 965 g/mol. The minimum absolute atomic E-state index is 0.0168. The van der Waals surface area contributed by atoms with Crippen LogP contribution in [0, 0.1) is 13.8 Å². The van der Waals surface area contributed by atoms with Gasteiger partial charge in [0.25, 0.3) is 35.9 Å². The number of hydrogen-bond donors (Lipinski definition) is 8. The van der Waals surface area contributed by atoms with Gasteiger partial charge in [-0.25, -0.2) is 9.48 Å². The number of H-pyrrole nitrogens is 1. The Kier molecular flexibility index (Phi) is 14.5. The number of rotatable bonds is 18. The van der Waals surface area contributed by atoms with Gasteiger partial charge in [0, 0.05) is 23.6 Å². The molecular formula is C39H36N8O18S3. The third kappa shape index (κ3) is 10.8. The van der Waals surface area contributed by atoms with Crippen LogP contribution in [0.5, 0.6) is 23.0 Å². The van der Waals surface area contributed by atoms with E-state index in [9.17, 15) is 68.9 Å². The molecule has 68 heavy (non-hydrogen) atoms. The highest BCUT2D eigenvalue weighted by Gasteiger charge is 2.25. The average molecular weight is 1000 g/mol. The second-order valence-corrected chi connectivity index (χ2v) is 18.1. The van der Waals surface area contributed by atoms with E-state index in [-0.39, 0.29) is 86.6 Å². The monoisotopic (exact) mass is 1000 g/mol. The van der Waals surface area contributed by atoms with Gasteiger partial charge in [-0.05, 0) is 73.3 Å². The molecule has 0 aliphatic rings. The Morgan fingerprint density at radius 3 is 1.76 bits per heavy atom. The van der Waals surface area contributed by atoms with Crippen molar-refractivity contribution in [3.8, 4) is 28.7 Å². The van der Waals surface area contributed by atoms with Crippen LogP contribution in [0.2, 0.25) is 0 Å². The lowest BCUT2D eigenvalue weighted by molar-refractivity contribution is 0.0697. The van der Waals surface area contributed by atoms with Crippen molar-refractivity contribution in [2.75, 3.05) is 33.5 Å². The SMILES string of the molecule is COc1cc(S(=O)(=O)O)c(C)cc1N=Nc1c(C)[nH]n(-c2ccc3c(O)c(N=Nc4cc(OCCO)c(N=Nc5ccc(S(=O)(=O)O)cc5C(=O)O)cc4OCCO)c(S(=O)(=O)O)cc3c2)c1=O. The first-order valence-electron chi connectivity index (χ1n) is 19.0. The Labute approximate surface area is 383 Å². The van der Waals surface area contributed by atoms with Gasteiger partial charge in [-0.2, -0.15) is 25.3 Å². The van der Waals surface area contributed by atoms with Gasteiger partial charge in [0.1, 0.15) is 68.7 Å². The fourth-order valence-electron chi connectivity index (χ4n) is 6.27. The molecule has 1 aromatic heterocycles. The summed E-state index contributed by atoms with van der Waals surface area (Å²) in [4.78, 5) is 23.4. The average Bonchev–Trinajstić information content (AvgIpc) is 3.56. The Balaban J connectivity index is 1.41. The topological polar surface area (TPSA) is 401 Å². The van der Waals surface area contributed by atoms with Crippen LogP contribution in [0.4, 0.5) is 34.1 Å². The second-order valence-electron chi connectivity index (χ2n) is 13.9. The Morgan fingerprint density at radius 2 is 1.22 bits per heavy atom. The van der Waals surface area contributed by atoms with Crippen LogP contribution < -0.4 is 19.8 Å². The number of phenolic OH excluding ortho intramolecular Hbond substituents is 1. The van der Waals surface area contributed by atoms with Crippen molar-refractivity contribution in [1.82, 2.24) is 9.78 Å². The largest absolute Gasteiger partial charge is 0.505 e. The molecule has 0 saturated carbocycles. The van der Waals surface area contributed by atoms with E-state index in [1.807, 2.05) is 0 Å². The number of aromatic carboxylic acids is 1. The Bertz CT molecular complexity index is 3500. The normalized spacial score (nSPS) is 12.5. The van der Waals surface area contributed by atoms with Gasteiger partial charge in [-0.1, -0.05) is 0 Å². The molecule has 358 valence electrons. The minimum atomic E-state index is -5.21. The third-order valence-electron chi connectivity index (χ3n) is 9.38. The molecule has 1 heterocycles. The quantitative estimate of drug-likeness (QED) is 0.0357. The number of nitrogens with one attached hydrogen (secondary N) is 1. The highest BCUT2D eigenvalue weighted by molar-refractivity contribution is 7.86. The van der Waals surface area contributed by atoms with Gasteiger partial charge in [0.2, 0.25) is 0 Å². The molecule has 0 aliphatic carbocycles. The zero-order valence-corrected chi connectivity index (χ0v) is 37.6. The third-order valence-corrected chi connectivity index (χ3v) is 12.1. The molecule has 0 bridgehead atoms. The van der Waals surface area contributed by atoms with E-state index in [1.54, 1.807) is 0 Å². The lowest BCUT2D eigenvalue weighted by atomic mass is 10.1. The van der Waals surface area contributed by atoms with Gasteiger partial charge in [-0.15, -0.1) is 30.7 Å². The number of aryl methyl sites for hydroxylation is 2. The molecule has 0 amide bonds. The van der Waals surface area contributed by atoms with E-state index < -0.39 is 86.8 Å². The van der Waals surface area contributed by atoms with Gasteiger partial charge >= 0.3 is 5.97 Å². The molecule has 0 spiro atoms. The summed E-state index contributed by atoms with van der Waals surface area (Å²) in [6, 6.07) is 11.9. The van der Waals surface area contributed by atoms with Gasteiger partial charge in [0.15, 0.2) is 11.4 Å². The molecule has 0 aliphatic heterocycles. The summed E-state index contributed by atoms with van der Waals surface area (Å²) in [6.07, 6.45) is 0. The summed E-state index contributed by atoms with van der Waals surface area (Å²) in [5, 5.41) is 66.7. The number of aliphatic hydroxyl groups is 2. The minimum Gasteiger partial charge on any atom is -0.505 e. The number of aromatic amines is 1. The summed E-state index contributed by atoms with van der Waals surface area (Å²) in [7, 11) is -13.4. The number of fused-ring (bicyclic) bond motifs is 1. The fourth-order valence-corrected chi connectivity index (χ4v) is 8.16. The van der Waals surface area contributed by atoms with Crippen molar-refractivity contribution >= 4 is 81.2 Å². The number of carbonyl (C=O) groups is 1. The standard InChI is InChI=1S/C39H36N8O18S3/c1-19-12-27(30(63-3)18-33(19)67(57,58)59)42-44-35-20(2)46-47(38(35)51)22-4-6-24-21(13-22)14-34(68(60,61)62)36(37(24)50)45-43-29-17-31(64-10-8-48)28(16-32(29)65-11-9-49)41-40-26-7-5-23(66(54,55)56)15-25(26)39(52)53/h4-7,12-18,46,48-50H,8-11H2,1-3H3,(H,52,53)(H,54,55,56)(H,57,58,59)(H,60,61,62). The van der Waals surface area contributed by atoms with Crippen molar-refractivity contribution in [2.45, 2.75) is 28.5 Å². The first-order valence-corrected chi connectivity index (χ1v) is 23.3. The first kappa shape index (κ1) is 49.9. The summed E-state index contributed by atoms with van der Waals surface area (Å²) in [5.41, 5.74) is -2.86. The number of carboxylic acids is 1. The number of methoxy groups -OCH3 is 1. The van der Waals surface area contributed by atoms with Crippen LogP contribution in [-0.4, -0.2) is 109 Å². The molecule has 0 radical (unpaired) electrons. The molecule has 0 unspecified atom stereocenters. The molecule has 26 nitrogen and oxygen atoms in total. The number of aliphatic hydroxyl groups excluding tert-OH is 2. The second kappa shape index (κ2) is 19.8. The molecule has 6 aromatic rings. The fraction of sp³-hybridized carbons (Fsp3) is 0.179. The van der Waals surface area contributed by atoms with Crippen molar-refractivity contribution in [3.05, 3.63) is 93.9 Å². The van der Waals surface area contributed by atoms with E-state index in [0.29, 0.717) is 6.07 Å². The van der Waals surface area contributed by atoms with Crippen molar-refractivity contribution in [3.63, 3.8) is 0 Å². The lowest BCUT2D eigenvalue weighted by Crippen LogP contribution is -2.14. The number of phenols is 1. The summed E-state index contributed by atoms with van der Waals surface area (Å²) in [5.74, 6) is -2.97. The first-order chi connectivity index (χ1) is 32.0. The van der Waals surface area contributed by atoms with Gasteiger partial charge in [-0.3, -0.25) is 23.6 Å². The maximum atomic E-state index is 13.6. The molecule has 6 rings (SSSR count). The maximum absolute atomic E-state index is 13.6. The van der Waals surface area contributed by atoms with Crippen LogP contribution in [0.3, 0.4) is 0 Å². The summed E-state index contributed by atoms with van der Waals surface area (Å²) in [6.45, 7) is 1.09. The predicted molar refractivity (Wildman–Crippen MR) is 235 cm³/mol. The number of benzene rings is 5. The van der Waals surface area contributed by atoms with Crippen molar-refractivity contribution in [2.24, 2.45) is 30.7 Å². The maximum Gasteiger partial charge on any atom is 0.338 e. The molecule has 0 fully saturated rings. The molecule has 0 atom stereocenters. The molecule has 29 heteroatoms. The number of ether oxygens (including phenoxy) is 3. The van der Waals surface area contributed by atoms with Crippen LogP contribution in [0.1, 0.15) is 21.6 Å². The Morgan fingerprint density at radius 1 is 0.662 bits per heavy atom. The van der Waals surface area contributed by atoms with Crippen LogP contribution in [0.15, 0.2) is 117 Å². The van der Waals surface area contributed by atoms with Crippen LogP contribution >= 0.6 is 0 Å². The highest BCUT2D eigenvalue weighted by atomic mass is 32.2. The van der Waals surface area contributed by atoms with Gasteiger partial charge < -0.3 is 34.6 Å². The van der Waals surface area contributed by atoms with Crippen LogP contribution in [-0.2, 0) is 30.4 Å². The number of nitrogens with zero attached hydrogens (tertiary/aromatic N) is 7. The predicted octanol–water partition coefficient (Wildman–Crippen LogP) is 6.08. The number of aromatic nitrogens is 2. The highest BCUT2D eigenvalue weighted by Crippen LogP contribution is 2.45. The van der Waals surface area contributed by atoms with Gasteiger partial charge in [0.05, 0.1) is 42.2 Å². The number of carboxylic acid groups (broad SMARTS) is 1.